The van der Waals surface area contributed by atoms with Crippen molar-refractivity contribution in [1.29, 1.82) is 0 Å². The first kappa shape index (κ1) is 34.2. The van der Waals surface area contributed by atoms with Gasteiger partial charge in [-0.2, -0.15) is 0 Å². The van der Waals surface area contributed by atoms with Gasteiger partial charge in [0.2, 0.25) is 0 Å². The number of aromatic hydroxyl groups is 2. The molecule has 0 spiro atoms. The molecule has 0 aliphatic heterocycles. The van der Waals surface area contributed by atoms with Crippen molar-refractivity contribution in [3.05, 3.63) is 122 Å². The molecule has 4 aromatic carbocycles. The van der Waals surface area contributed by atoms with Crippen molar-refractivity contribution in [1.82, 2.24) is 0 Å². The van der Waals surface area contributed by atoms with E-state index >= 15 is 0 Å². The Morgan fingerprint density at radius 1 is 0.486 bits per heavy atom. The molecule has 0 radical (unpaired) electrons. The minimum absolute atomic E-state index is 0. The van der Waals surface area contributed by atoms with Crippen LogP contribution in [0.5, 0.6) is 11.5 Å². The Labute approximate surface area is 240 Å². The Hall–Kier alpha value is -2.81. The smallest absolute Gasteiger partial charge is 0.507 e. The van der Waals surface area contributed by atoms with E-state index in [1.807, 2.05) is 62.4 Å². The summed E-state index contributed by atoms with van der Waals surface area (Å²) in [6.45, 7) is 12.8. The van der Waals surface area contributed by atoms with Gasteiger partial charge in [-0.15, -0.1) is 0 Å². The zero-order valence-electron chi connectivity index (χ0n) is 23.6. The van der Waals surface area contributed by atoms with Gasteiger partial charge in [0, 0.05) is 11.1 Å². The summed E-state index contributed by atoms with van der Waals surface area (Å²) in [4.78, 5) is 0. The van der Waals surface area contributed by atoms with Gasteiger partial charge >= 0.3 is 21.7 Å². The number of rotatable bonds is 4. The molecule has 194 valence electrons. The SMILES string of the molecule is Cc1ccc(O)c(-c2ccccc2C(C)C)c1.Cc1ccc(O)c(-c2ccccc2C(C)C)c1.[CH3-].[CH3-].[Ti+2]. The van der Waals surface area contributed by atoms with Crippen LogP contribution in [0.3, 0.4) is 0 Å². The molecule has 2 nitrogen and oxygen atoms in total. The molecule has 0 unspecified atom stereocenters. The predicted molar refractivity (Wildman–Crippen MR) is 158 cm³/mol. The molecule has 0 aliphatic carbocycles. The molecule has 0 aromatic heterocycles. The first-order valence-corrected chi connectivity index (χ1v) is 12.0. The van der Waals surface area contributed by atoms with Gasteiger partial charge in [0.05, 0.1) is 0 Å². The van der Waals surface area contributed by atoms with Gasteiger partial charge in [-0.05, 0) is 72.2 Å². The van der Waals surface area contributed by atoms with Gasteiger partial charge in [0.15, 0.2) is 0 Å². The van der Waals surface area contributed by atoms with Crippen LogP contribution in [0.15, 0.2) is 84.9 Å². The average molecular weight is 531 g/mol. The minimum Gasteiger partial charge on any atom is -0.507 e. The van der Waals surface area contributed by atoms with Gasteiger partial charge in [-0.1, -0.05) is 99.5 Å². The second-order valence-electron chi connectivity index (χ2n) is 9.53. The Balaban J connectivity index is 0.000000648. The van der Waals surface area contributed by atoms with Crippen molar-refractivity contribution in [2.75, 3.05) is 0 Å². The van der Waals surface area contributed by atoms with E-state index in [1.54, 1.807) is 12.1 Å². The van der Waals surface area contributed by atoms with E-state index in [-0.39, 0.29) is 36.6 Å². The van der Waals surface area contributed by atoms with Crippen molar-refractivity contribution < 1.29 is 31.9 Å². The molecule has 0 bridgehead atoms. The van der Waals surface area contributed by atoms with Crippen molar-refractivity contribution in [3.63, 3.8) is 0 Å². The number of benzene rings is 4. The number of phenols is 2. The van der Waals surface area contributed by atoms with Crippen LogP contribution in [-0.4, -0.2) is 10.2 Å². The molecular formula is C34H42O2Ti. The standard InChI is InChI=1S/2C16H18O.2CH3.Ti/c2*1-11(2)13-6-4-5-7-14(13)15-10-12(3)8-9-16(15)17;;;/h2*4-11,17H,1-3H3;2*1H3;/q;;2*-1;+2. The third-order valence-electron chi connectivity index (χ3n) is 6.05. The summed E-state index contributed by atoms with van der Waals surface area (Å²) in [6.07, 6.45) is 0. The molecule has 0 fully saturated rings. The van der Waals surface area contributed by atoms with Crippen LogP contribution in [0.4, 0.5) is 0 Å². The zero-order valence-corrected chi connectivity index (χ0v) is 25.2. The van der Waals surface area contributed by atoms with Crippen LogP contribution in [0.25, 0.3) is 22.3 Å². The van der Waals surface area contributed by atoms with Gasteiger partial charge in [0.25, 0.3) is 0 Å². The second-order valence-corrected chi connectivity index (χ2v) is 9.53. The second kappa shape index (κ2) is 15.4. The van der Waals surface area contributed by atoms with E-state index in [9.17, 15) is 10.2 Å². The van der Waals surface area contributed by atoms with Crippen molar-refractivity contribution in [2.24, 2.45) is 0 Å². The zero-order chi connectivity index (χ0) is 24.8. The third-order valence-corrected chi connectivity index (χ3v) is 6.05. The van der Waals surface area contributed by atoms with Crippen LogP contribution >= 0.6 is 0 Å². The van der Waals surface area contributed by atoms with E-state index in [1.165, 1.54) is 11.1 Å². The van der Waals surface area contributed by atoms with Crippen LogP contribution in [-0.2, 0) is 21.7 Å². The van der Waals surface area contributed by atoms with Crippen molar-refractivity contribution in [2.45, 2.75) is 53.4 Å². The summed E-state index contributed by atoms with van der Waals surface area (Å²) in [6, 6.07) is 28.0. The molecule has 37 heavy (non-hydrogen) atoms. The fraction of sp³-hybridized carbons (Fsp3) is 0.235. The number of phenolic OH excluding ortho intramolecular Hbond substituents is 2. The molecular weight excluding hydrogens is 488 g/mol. The van der Waals surface area contributed by atoms with Crippen molar-refractivity contribution in [3.8, 4) is 33.8 Å². The Kier molecular flexibility index (Phi) is 14.3. The molecule has 4 aromatic rings. The maximum atomic E-state index is 9.99. The first-order chi connectivity index (χ1) is 16.2. The molecule has 2 N–H and O–H groups in total. The molecule has 0 aliphatic rings. The average Bonchev–Trinajstić information content (AvgIpc) is 2.82. The Bertz CT molecular complexity index is 1160. The van der Waals surface area contributed by atoms with E-state index < -0.39 is 0 Å². The summed E-state index contributed by atoms with van der Waals surface area (Å²) in [5, 5.41) is 20.0. The number of hydrogen-bond donors (Lipinski definition) is 2. The number of aryl methyl sites for hydroxylation is 2. The molecule has 0 amide bonds. The Morgan fingerprint density at radius 3 is 1.14 bits per heavy atom. The molecule has 3 heteroatoms. The largest absolute Gasteiger partial charge is 2.00 e. The van der Waals surface area contributed by atoms with Gasteiger partial charge < -0.3 is 25.1 Å². The maximum Gasteiger partial charge on any atom is 2.00 e. The summed E-state index contributed by atoms with van der Waals surface area (Å²) in [7, 11) is 0. The normalized spacial score (nSPS) is 9.95. The summed E-state index contributed by atoms with van der Waals surface area (Å²) >= 11 is 0. The van der Waals surface area contributed by atoms with Crippen LogP contribution in [0.2, 0.25) is 0 Å². The maximum absolute atomic E-state index is 9.99. The van der Waals surface area contributed by atoms with Crippen LogP contribution < -0.4 is 0 Å². The van der Waals surface area contributed by atoms with Gasteiger partial charge in [-0.25, -0.2) is 0 Å². The summed E-state index contributed by atoms with van der Waals surface area (Å²) < 4.78 is 0. The summed E-state index contributed by atoms with van der Waals surface area (Å²) in [5.74, 6) is 1.60. The van der Waals surface area contributed by atoms with E-state index in [0.717, 1.165) is 33.4 Å². The minimum atomic E-state index is 0. The first-order valence-electron chi connectivity index (χ1n) is 12.0. The van der Waals surface area contributed by atoms with Crippen LogP contribution in [0, 0.1) is 28.7 Å². The van der Waals surface area contributed by atoms with Gasteiger partial charge in [0.1, 0.15) is 11.5 Å². The molecule has 0 heterocycles. The molecule has 4 rings (SSSR count). The van der Waals surface area contributed by atoms with Gasteiger partial charge in [-0.3, -0.25) is 0 Å². The molecule has 0 saturated carbocycles. The fourth-order valence-corrected chi connectivity index (χ4v) is 4.22. The molecule has 0 atom stereocenters. The number of hydrogen-bond acceptors (Lipinski definition) is 2. The van der Waals surface area contributed by atoms with Crippen LogP contribution in [0.1, 0.15) is 61.8 Å². The van der Waals surface area contributed by atoms with E-state index in [4.69, 9.17) is 0 Å². The summed E-state index contributed by atoms with van der Waals surface area (Å²) in [5.41, 5.74) is 8.98. The monoisotopic (exact) mass is 530 g/mol. The molecule has 0 saturated heterocycles. The van der Waals surface area contributed by atoms with E-state index in [2.05, 4.69) is 52.0 Å². The quantitative estimate of drug-likeness (QED) is 0.204. The third kappa shape index (κ3) is 8.63. The van der Waals surface area contributed by atoms with E-state index in [0.29, 0.717) is 23.3 Å². The topological polar surface area (TPSA) is 40.5 Å². The predicted octanol–water partition coefficient (Wildman–Crippen LogP) is 9.88. The fourth-order valence-electron chi connectivity index (χ4n) is 4.22. The van der Waals surface area contributed by atoms with Crippen molar-refractivity contribution >= 4 is 0 Å². The Morgan fingerprint density at radius 2 is 0.811 bits per heavy atom.